The van der Waals surface area contributed by atoms with Crippen LogP contribution >= 0.6 is 0 Å². The predicted octanol–water partition coefficient (Wildman–Crippen LogP) is 4.47. The Hall–Kier alpha value is -3.08. The topological polar surface area (TPSA) is 54.5 Å². The maximum Gasteiger partial charge on any atom is 0.262 e. The van der Waals surface area contributed by atoms with E-state index in [4.69, 9.17) is 9.72 Å². The minimum atomic E-state index is -0.179. The number of nitrogens with zero attached hydrogens (tertiary/aromatic N) is 2. The molecule has 1 aliphatic rings. The van der Waals surface area contributed by atoms with E-state index >= 15 is 0 Å². The van der Waals surface area contributed by atoms with E-state index in [2.05, 4.69) is 22.3 Å². The largest absolute Gasteiger partial charge is 0.481 e. The maximum absolute atomic E-state index is 12.4. The number of anilines is 2. The first-order valence-corrected chi connectivity index (χ1v) is 9.75. The summed E-state index contributed by atoms with van der Waals surface area (Å²) in [5.74, 6) is 1.43. The third kappa shape index (κ3) is 3.93. The molecule has 28 heavy (non-hydrogen) atoms. The first-order chi connectivity index (χ1) is 13.6. The fourth-order valence-electron chi connectivity index (χ4n) is 3.55. The van der Waals surface area contributed by atoms with Gasteiger partial charge in [0.1, 0.15) is 17.1 Å². The van der Waals surface area contributed by atoms with E-state index in [0.29, 0.717) is 5.75 Å². The molecule has 0 bridgehead atoms. The van der Waals surface area contributed by atoms with Crippen molar-refractivity contribution in [3.8, 4) is 5.75 Å². The Bertz CT molecular complexity index is 1010. The number of hydrogen-bond acceptors (Lipinski definition) is 4. The van der Waals surface area contributed by atoms with Crippen LogP contribution in [0.5, 0.6) is 5.75 Å². The van der Waals surface area contributed by atoms with Crippen LogP contribution in [0.3, 0.4) is 0 Å². The third-order valence-corrected chi connectivity index (χ3v) is 5.12. The number of nitrogens with one attached hydrogen (secondary N) is 1. The molecule has 0 unspecified atom stereocenters. The van der Waals surface area contributed by atoms with Crippen molar-refractivity contribution in [2.75, 3.05) is 29.9 Å². The SMILES string of the molecule is Cc1ccc(C)c(NC(=O)COc2cccc3ccc(N4CCCC4)nc23)c1. The zero-order chi connectivity index (χ0) is 19.5. The zero-order valence-corrected chi connectivity index (χ0v) is 16.4. The molecule has 3 aromatic rings. The Morgan fingerprint density at radius 1 is 1.11 bits per heavy atom. The molecule has 0 spiro atoms. The van der Waals surface area contributed by atoms with Crippen molar-refractivity contribution >= 4 is 28.3 Å². The van der Waals surface area contributed by atoms with Crippen molar-refractivity contribution in [3.05, 3.63) is 59.7 Å². The molecule has 1 aromatic heterocycles. The number of carbonyl (C=O) groups is 1. The van der Waals surface area contributed by atoms with Crippen molar-refractivity contribution < 1.29 is 9.53 Å². The summed E-state index contributed by atoms with van der Waals surface area (Å²) in [6.07, 6.45) is 2.41. The van der Waals surface area contributed by atoms with Gasteiger partial charge in [-0.05, 0) is 62.1 Å². The zero-order valence-electron chi connectivity index (χ0n) is 16.4. The van der Waals surface area contributed by atoms with Gasteiger partial charge in [0, 0.05) is 24.2 Å². The van der Waals surface area contributed by atoms with Crippen molar-refractivity contribution in [1.29, 1.82) is 0 Å². The van der Waals surface area contributed by atoms with Gasteiger partial charge in [0.2, 0.25) is 0 Å². The van der Waals surface area contributed by atoms with Crippen LogP contribution in [0, 0.1) is 13.8 Å². The van der Waals surface area contributed by atoms with Crippen LogP contribution in [0.4, 0.5) is 11.5 Å². The van der Waals surface area contributed by atoms with Gasteiger partial charge in [0.15, 0.2) is 6.61 Å². The number of carbonyl (C=O) groups excluding carboxylic acids is 1. The van der Waals surface area contributed by atoms with E-state index in [9.17, 15) is 4.79 Å². The first-order valence-electron chi connectivity index (χ1n) is 9.75. The van der Waals surface area contributed by atoms with E-state index in [0.717, 1.165) is 46.6 Å². The van der Waals surface area contributed by atoms with E-state index < -0.39 is 0 Å². The molecule has 1 N–H and O–H groups in total. The summed E-state index contributed by atoms with van der Waals surface area (Å²) < 4.78 is 5.85. The lowest BCUT2D eigenvalue weighted by atomic mass is 10.1. The summed E-state index contributed by atoms with van der Waals surface area (Å²) in [5.41, 5.74) is 3.75. The molecule has 0 radical (unpaired) electrons. The van der Waals surface area contributed by atoms with Crippen molar-refractivity contribution in [2.45, 2.75) is 26.7 Å². The molecule has 5 nitrogen and oxygen atoms in total. The molecular formula is C23H25N3O2. The number of aromatic nitrogens is 1. The summed E-state index contributed by atoms with van der Waals surface area (Å²) in [7, 11) is 0. The molecule has 1 aliphatic heterocycles. The fourth-order valence-corrected chi connectivity index (χ4v) is 3.55. The Morgan fingerprint density at radius 2 is 1.93 bits per heavy atom. The third-order valence-electron chi connectivity index (χ3n) is 5.12. The quantitative estimate of drug-likeness (QED) is 0.715. The van der Waals surface area contributed by atoms with E-state index in [1.165, 1.54) is 12.8 Å². The minimum Gasteiger partial charge on any atom is -0.481 e. The highest BCUT2D eigenvalue weighted by atomic mass is 16.5. The highest BCUT2D eigenvalue weighted by Gasteiger charge is 2.15. The lowest BCUT2D eigenvalue weighted by Gasteiger charge is -2.17. The Balaban J connectivity index is 1.50. The second-order valence-corrected chi connectivity index (χ2v) is 7.35. The van der Waals surface area contributed by atoms with Crippen LogP contribution in [0.1, 0.15) is 24.0 Å². The monoisotopic (exact) mass is 375 g/mol. The van der Waals surface area contributed by atoms with Gasteiger partial charge in [-0.15, -0.1) is 0 Å². The highest BCUT2D eigenvalue weighted by Crippen LogP contribution is 2.28. The molecule has 1 amide bonds. The molecular weight excluding hydrogens is 350 g/mol. The Kier molecular flexibility index (Phi) is 5.15. The molecule has 0 aliphatic carbocycles. The molecule has 1 fully saturated rings. The van der Waals surface area contributed by atoms with Gasteiger partial charge in [-0.3, -0.25) is 4.79 Å². The number of aryl methyl sites for hydroxylation is 2. The summed E-state index contributed by atoms with van der Waals surface area (Å²) in [4.78, 5) is 19.5. The van der Waals surface area contributed by atoms with Gasteiger partial charge >= 0.3 is 0 Å². The number of benzene rings is 2. The minimum absolute atomic E-state index is 0.0535. The van der Waals surface area contributed by atoms with Gasteiger partial charge < -0.3 is 15.0 Å². The van der Waals surface area contributed by atoms with Gasteiger partial charge in [0.05, 0.1) is 0 Å². The number of fused-ring (bicyclic) bond motifs is 1. The lowest BCUT2D eigenvalue weighted by molar-refractivity contribution is -0.118. The predicted molar refractivity (Wildman–Crippen MR) is 113 cm³/mol. The molecule has 2 aromatic carbocycles. The normalized spacial score (nSPS) is 13.7. The van der Waals surface area contributed by atoms with Crippen LogP contribution in [0.2, 0.25) is 0 Å². The molecule has 2 heterocycles. The number of rotatable bonds is 5. The van der Waals surface area contributed by atoms with Crippen LogP contribution in [0.25, 0.3) is 10.9 Å². The smallest absolute Gasteiger partial charge is 0.262 e. The molecule has 0 atom stereocenters. The maximum atomic E-state index is 12.4. The standard InChI is InChI=1S/C23H25N3O2/c1-16-8-9-17(2)19(14-16)24-22(27)15-28-20-7-5-6-18-10-11-21(25-23(18)20)26-12-3-4-13-26/h5-11,14H,3-4,12-13,15H2,1-2H3,(H,24,27). The number of amides is 1. The summed E-state index contributed by atoms with van der Waals surface area (Å²) in [6.45, 7) is 6.01. The second kappa shape index (κ2) is 7.89. The van der Waals surface area contributed by atoms with Crippen LogP contribution in [-0.4, -0.2) is 30.6 Å². The van der Waals surface area contributed by atoms with Gasteiger partial charge in [-0.2, -0.15) is 0 Å². The summed E-state index contributed by atoms with van der Waals surface area (Å²) >= 11 is 0. The second-order valence-electron chi connectivity index (χ2n) is 7.35. The van der Waals surface area contributed by atoms with Crippen molar-refractivity contribution in [2.24, 2.45) is 0 Å². The average Bonchev–Trinajstić information content (AvgIpc) is 3.23. The molecule has 1 saturated heterocycles. The number of ether oxygens (including phenoxy) is 1. The Labute approximate surface area is 165 Å². The number of hydrogen-bond donors (Lipinski definition) is 1. The highest BCUT2D eigenvalue weighted by molar-refractivity contribution is 5.93. The van der Waals surface area contributed by atoms with Crippen LogP contribution < -0.4 is 15.0 Å². The van der Waals surface area contributed by atoms with Crippen molar-refractivity contribution in [1.82, 2.24) is 4.98 Å². The molecule has 5 heteroatoms. The lowest BCUT2D eigenvalue weighted by Crippen LogP contribution is -2.21. The average molecular weight is 375 g/mol. The van der Waals surface area contributed by atoms with Crippen molar-refractivity contribution in [3.63, 3.8) is 0 Å². The number of para-hydroxylation sites is 1. The van der Waals surface area contributed by atoms with E-state index in [1.807, 2.05) is 50.2 Å². The van der Waals surface area contributed by atoms with E-state index in [1.54, 1.807) is 0 Å². The van der Waals surface area contributed by atoms with Gasteiger partial charge in [-0.25, -0.2) is 4.98 Å². The molecule has 0 saturated carbocycles. The van der Waals surface area contributed by atoms with Crippen LogP contribution in [0.15, 0.2) is 48.5 Å². The fraction of sp³-hybridized carbons (Fsp3) is 0.304. The molecule has 144 valence electrons. The number of pyridine rings is 1. The van der Waals surface area contributed by atoms with Gasteiger partial charge in [0.25, 0.3) is 5.91 Å². The molecule has 4 rings (SSSR count). The summed E-state index contributed by atoms with van der Waals surface area (Å²) in [6, 6.07) is 15.9. The first kappa shape index (κ1) is 18.3. The van der Waals surface area contributed by atoms with E-state index in [-0.39, 0.29) is 12.5 Å². The summed E-state index contributed by atoms with van der Waals surface area (Å²) in [5, 5.41) is 3.94. The van der Waals surface area contributed by atoms with Gasteiger partial charge in [-0.1, -0.05) is 24.3 Å². The van der Waals surface area contributed by atoms with Crippen LogP contribution in [-0.2, 0) is 4.79 Å². The Morgan fingerprint density at radius 3 is 2.75 bits per heavy atom.